The molecule has 0 amide bonds. The molecule has 6 nitrogen and oxygen atoms in total. The number of thiazole rings is 1. The first-order valence-corrected chi connectivity index (χ1v) is 12.4. The summed E-state index contributed by atoms with van der Waals surface area (Å²) >= 11 is 1.34. The summed E-state index contributed by atoms with van der Waals surface area (Å²) < 4.78 is 100.0. The van der Waals surface area contributed by atoms with Crippen LogP contribution in [0, 0.1) is 29.1 Å². The van der Waals surface area contributed by atoms with E-state index in [1.165, 1.54) is 11.3 Å². The molecule has 1 saturated heterocycles. The summed E-state index contributed by atoms with van der Waals surface area (Å²) in [4.78, 5) is 4.50. The molecule has 4 rings (SSSR count). The van der Waals surface area contributed by atoms with E-state index >= 15 is 0 Å². The van der Waals surface area contributed by atoms with E-state index in [1.807, 2.05) is 36.6 Å². The Bertz CT molecular complexity index is 1280. The van der Waals surface area contributed by atoms with Gasteiger partial charge in [-0.25, -0.2) is 35.4 Å². The molecule has 0 N–H and O–H groups in total. The highest BCUT2D eigenvalue weighted by Crippen LogP contribution is 2.32. The van der Waals surface area contributed by atoms with Gasteiger partial charge in [0.2, 0.25) is 15.8 Å². The molecule has 0 unspecified atom stereocenters. The molecule has 182 valence electrons. The van der Waals surface area contributed by atoms with Crippen LogP contribution in [0.15, 0.2) is 34.5 Å². The summed E-state index contributed by atoms with van der Waals surface area (Å²) in [5, 5.41) is 2.44. The fraction of sp³-hybridized carbons (Fsp3) is 0.286. The lowest BCUT2D eigenvalue weighted by Crippen LogP contribution is -2.49. The molecule has 2 aromatic carbocycles. The second-order valence-corrected chi connectivity index (χ2v) is 9.97. The molecule has 0 saturated carbocycles. The van der Waals surface area contributed by atoms with Gasteiger partial charge in [0.25, 0.3) is 0 Å². The zero-order valence-electron chi connectivity index (χ0n) is 17.7. The molecular formula is C21H18F5N3O3S2. The average Bonchev–Trinajstić information content (AvgIpc) is 3.33. The normalized spacial score (nSPS) is 15.1. The van der Waals surface area contributed by atoms with Crippen molar-refractivity contribution in [2.45, 2.75) is 11.8 Å². The van der Waals surface area contributed by atoms with Gasteiger partial charge in [0, 0.05) is 37.1 Å². The van der Waals surface area contributed by atoms with Crippen molar-refractivity contribution in [2.24, 2.45) is 0 Å². The number of rotatable bonds is 6. The van der Waals surface area contributed by atoms with E-state index in [0.29, 0.717) is 21.7 Å². The summed E-state index contributed by atoms with van der Waals surface area (Å²) in [6, 6.07) is 7.36. The van der Waals surface area contributed by atoms with E-state index in [0.717, 1.165) is 11.3 Å². The van der Waals surface area contributed by atoms with Gasteiger partial charge in [-0.15, -0.1) is 11.3 Å². The predicted octanol–water partition coefficient (Wildman–Crippen LogP) is 4.42. The highest BCUT2D eigenvalue weighted by Gasteiger charge is 2.38. The molecule has 0 radical (unpaired) electrons. The maximum absolute atomic E-state index is 14.1. The van der Waals surface area contributed by atoms with E-state index in [-0.39, 0.29) is 26.2 Å². The number of halogens is 5. The van der Waals surface area contributed by atoms with Gasteiger partial charge in [-0.1, -0.05) is 0 Å². The first-order valence-electron chi connectivity index (χ1n) is 10.1. The van der Waals surface area contributed by atoms with E-state index < -0.39 is 44.0 Å². The number of hydrogen-bond donors (Lipinski definition) is 0. The van der Waals surface area contributed by atoms with Crippen molar-refractivity contribution in [3.8, 4) is 17.0 Å². The monoisotopic (exact) mass is 519 g/mol. The van der Waals surface area contributed by atoms with E-state index in [2.05, 4.69) is 4.98 Å². The lowest BCUT2D eigenvalue weighted by Gasteiger charge is -2.33. The predicted molar refractivity (Wildman–Crippen MR) is 116 cm³/mol. The summed E-state index contributed by atoms with van der Waals surface area (Å²) in [6.07, 6.45) is 0. The lowest BCUT2D eigenvalue weighted by atomic mass is 10.2. The highest BCUT2D eigenvalue weighted by molar-refractivity contribution is 7.89. The first-order chi connectivity index (χ1) is 16.1. The zero-order chi connectivity index (χ0) is 24.6. The van der Waals surface area contributed by atoms with Crippen molar-refractivity contribution < 1.29 is 35.1 Å². The van der Waals surface area contributed by atoms with Crippen molar-refractivity contribution in [3.05, 3.63) is 58.7 Å². The van der Waals surface area contributed by atoms with Crippen molar-refractivity contribution in [3.63, 3.8) is 0 Å². The molecule has 13 heteroatoms. The van der Waals surface area contributed by atoms with Gasteiger partial charge in [0.1, 0.15) is 5.75 Å². The van der Waals surface area contributed by atoms with E-state index in [9.17, 15) is 30.4 Å². The minimum absolute atomic E-state index is 0.116. The van der Waals surface area contributed by atoms with Crippen molar-refractivity contribution >= 4 is 26.5 Å². The van der Waals surface area contributed by atoms with Gasteiger partial charge in [-0.2, -0.15) is 4.31 Å². The number of sulfonamides is 1. The molecule has 0 spiro atoms. The third-order valence-corrected chi connectivity index (χ3v) is 8.05. The maximum atomic E-state index is 14.1. The van der Waals surface area contributed by atoms with Crippen LogP contribution in [0.4, 0.5) is 27.1 Å². The Balaban J connectivity index is 1.49. The summed E-state index contributed by atoms with van der Waals surface area (Å²) in [5.74, 6) is -11.0. The molecule has 1 aliphatic rings. The van der Waals surface area contributed by atoms with E-state index in [4.69, 9.17) is 4.74 Å². The Morgan fingerprint density at radius 2 is 1.47 bits per heavy atom. The maximum Gasteiger partial charge on any atom is 0.249 e. The van der Waals surface area contributed by atoms with Crippen LogP contribution in [0.25, 0.3) is 11.3 Å². The van der Waals surface area contributed by atoms with Gasteiger partial charge >= 0.3 is 0 Å². The third-order valence-electron chi connectivity index (χ3n) is 5.23. The fourth-order valence-corrected chi connectivity index (χ4v) is 5.91. The highest BCUT2D eigenvalue weighted by atomic mass is 32.2. The second-order valence-electron chi connectivity index (χ2n) is 7.26. The minimum Gasteiger partial charge on any atom is -0.494 e. The fourth-order valence-electron chi connectivity index (χ4n) is 3.49. The molecule has 1 aliphatic heterocycles. The number of hydrogen-bond acceptors (Lipinski definition) is 6. The molecule has 2 heterocycles. The molecule has 3 aromatic rings. The second kappa shape index (κ2) is 9.47. The Morgan fingerprint density at radius 1 is 0.912 bits per heavy atom. The smallest absolute Gasteiger partial charge is 0.249 e. The van der Waals surface area contributed by atoms with Crippen LogP contribution in [0.3, 0.4) is 0 Å². The van der Waals surface area contributed by atoms with Gasteiger partial charge in [-0.3, -0.25) is 0 Å². The SMILES string of the molecule is CCOc1ccc(-c2csc(N3CCN(S(=O)(=O)c4c(F)c(F)c(F)c(F)c4F)CC3)n2)cc1. The molecule has 0 aliphatic carbocycles. The Labute approximate surface area is 196 Å². The Morgan fingerprint density at radius 3 is 2.03 bits per heavy atom. The molecule has 1 aromatic heterocycles. The van der Waals surface area contributed by atoms with Crippen LogP contribution in [-0.4, -0.2) is 50.5 Å². The number of piperazine rings is 1. The lowest BCUT2D eigenvalue weighted by molar-refractivity contribution is 0.340. The van der Waals surface area contributed by atoms with Gasteiger partial charge in [0.15, 0.2) is 33.3 Å². The quantitative estimate of drug-likeness (QED) is 0.274. The van der Waals surface area contributed by atoms with Crippen molar-refractivity contribution in [1.82, 2.24) is 9.29 Å². The molecule has 0 atom stereocenters. The van der Waals surface area contributed by atoms with Crippen LogP contribution >= 0.6 is 11.3 Å². The van der Waals surface area contributed by atoms with Crippen LogP contribution in [0.1, 0.15) is 6.92 Å². The van der Waals surface area contributed by atoms with Gasteiger partial charge in [0.05, 0.1) is 12.3 Å². The van der Waals surface area contributed by atoms with Crippen molar-refractivity contribution in [2.75, 3.05) is 37.7 Å². The minimum atomic E-state index is -4.96. The molecular weight excluding hydrogens is 501 g/mol. The van der Waals surface area contributed by atoms with Crippen LogP contribution < -0.4 is 9.64 Å². The number of nitrogens with zero attached hydrogens (tertiary/aromatic N) is 3. The van der Waals surface area contributed by atoms with Gasteiger partial charge in [-0.05, 0) is 31.2 Å². The standard InChI is InChI=1S/C21H18F5N3O3S2/c1-2-32-13-5-3-12(4-6-13)14-11-33-21(27-14)28-7-9-29(10-8-28)34(30,31)20-18(25)16(23)15(22)17(24)19(20)26/h3-6,11H,2,7-10H2,1H3. The summed E-state index contributed by atoms with van der Waals surface area (Å²) in [6.45, 7) is 2.22. The van der Waals surface area contributed by atoms with E-state index in [1.54, 1.807) is 4.90 Å². The summed E-state index contributed by atoms with van der Waals surface area (Å²) in [5.41, 5.74) is 1.57. The topological polar surface area (TPSA) is 62.7 Å². The third kappa shape index (κ3) is 4.34. The summed E-state index contributed by atoms with van der Waals surface area (Å²) in [7, 11) is -4.96. The molecule has 34 heavy (non-hydrogen) atoms. The largest absolute Gasteiger partial charge is 0.494 e. The van der Waals surface area contributed by atoms with Crippen LogP contribution in [-0.2, 0) is 10.0 Å². The number of ether oxygens (including phenoxy) is 1. The molecule has 0 bridgehead atoms. The number of benzene rings is 2. The Kier molecular flexibility index (Phi) is 6.78. The van der Waals surface area contributed by atoms with Crippen LogP contribution in [0.5, 0.6) is 5.75 Å². The van der Waals surface area contributed by atoms with Gasteiger partial charge < -0.3 is 9.64 Å². The Hall–Kier alpha value is -2.77. The number of aromatic nitrogens is 1. The zero-order valence-corrected chi connectivity index (χ0v) is 19.3. The van der Waals surface area contributed by atoms with Crippen LogP contribution in [0.2, 0.25) is 0 Å². The molecule has 1 fully saturated rings. The van der Waals surface area contributed by atoms with Crippen molar-refractivity contribution in [1.29, 1.82) is 0 Å². The average molecular weight is 520 g/mol. The first kappa shape index (κ1) is 24.4. The number of anilines is 1.